The van der Waals surface area contributed by atoms with Gasteiger partial charge in [-0.05, 0) is 107 Å². The average Bonchev–Trinajstić information content (AvgIpc) is 3.54. The number of hydrogen-bond acceptors (Lipinski definition) is 6. The highest BCUT2D eigenvalue weighted by atomic mass is 16.5. The van der Waals surface area contributed by atoms with Crippen LogP contribution in [0.1, 0.15) is 84.9 Å². The first-order chi connectivity index (χ1) is 21.6. The summed E-state index contributed by atoms with van der Waals surface area (Å²) in [6, 6.07) is 15.4. The lowest BCUT2D eigenvalue weighted by Gasteiger charge is -2.42. The second-order valence-electron chi connectivity index (χ2n) is 13.2. The molecule has 6 rings (SSSR count). The highest BCUT2D eigenvalue weighted by Gasteiger charge is 2.37. The summed E-state index contributed by atoms with van der Waals surface area (Å²) < 4.78 is 18.5. The minimum Gasteiger partial charge on any atom is -0.493 e. The van der Waals surface area contributed by atoms with Crippen molar-refractivity contribution in [3.05, 3.63) is 59.7 Å². The molecule has 0 aromatic heterocycles. The highest BCUT2D eigenvalue weighted by Crippen LogP contribution is 2.38. The first kappa shape index (κ1) is 30.9. The molecule has 3 saturated heterocycles. The summed E-state index contributed by atoms with van der Waals surface area (Å²) in [4.78, 5) is 33.2. The molecule has 2 amide bonds. The lowest BCUT2D eigenvalue weighted by molar-refractivity contribution is 0.0332. The van der Waals surface area contributed by atoms with E-state index in [1.807, 2.05) is 58.3 Å². The van der Waals surface area contributed by atoms with Crippen molar-refractivity contribution in [3.63, 3.8) is 0 Å². The monoisotopic (exact) mass is 603 g/mol. The molecule has 1 spiro atoms. The summed E-state index contributed by atoms with van der Waals surface area (Å²) in [5.41, 5.74) is 1.38. The van der Waals surface area contributed by atoms with Gasteiger partial charge < -0.3 is 24.0 Å². The van der Waals surface area contributed by atoms with Gasteiger partial charge in [0.05, 0.1) is 19.3 Å². The third-order valence-electron chi connectivity index (χ3n) is 10.2. The number of benzene rings is 2. The molecule has 0 aliphatic carbocycles. The third kappa shape index (κ3) is 7.75. The van der Waals surface area contributed by atoms with Crippen LogP contribution in [-0.2, 0) is 4.74 Å². The lowest BCUT2D eigenvalue weighted by atomic mass is 9.75. The Morgan fingerprint density at radius 2 is 1.70 bits per heavy atom. The number of piperidine rings is 2. The molecule has 4 aliphatic heterocycles. The molecule has 238 valence electrons. The molecule has 2 bridgehead atoms. The van der Waals surface area contributed by atoms with E-state index in [-0.39, 0.29) is 23.3 Å². The van der Waals surface area contributed by atoms with Gasteiger partial charge in [-0.15, -0.1) is 0 Å². The van der Waals surface area contributed by atoms with Crippen LogP contribution in [0.3, 0.4) is 0 Å². The van der Waals surface area contributed by atoms with E-state index < -0.39 is 0 Å². The predicted molar refractivity (Wildman–Crippen MR) is 170 cm³/mol. The van der Waals surface area contributed by atoms with Gasteiger partial charge in [0, 0.05) is 49.3 Å². The lowest BCUT2D eigenvalue weighted by Crippen LogP contribution is -2.45. The number of carbonyl (C=O) groups is 2. The van der Waals surface area contributed by atoms with Crippen LogP contribution in [0.2, 0.25) is 0 Å². The summed E-state index contributed by atoms with van der Waals surface area (Å²) in [6.07, 6.45) is 10.8. The molecule has 3 fully saturated rings. The fourth-order valence-electron chi connectivity index (χ4n) is 7.32. The van der Waals surface area contributed by atoms with Crippen LogP contribution in [0.15, 0.2) is 48.5 Å². The summed E-state index contributed by atoms with van der Waals surface area (Å²) in [7, 11) is 0. The van der Waals surface area contributed by atoms with Crippen molar-refractivity contribution in [2.24, 2.45) is 5.41 Å². The van der Waals surface area contributed by atoms with Crippen molar-refractivity contribution < 1.29 is 23.8 Å². The molecular weight excluding hydrogens is 554 g/mol. The highest BCUT2D eigenvalue weighted by molar-refractivity contribution is 5.95. The Labute approximate surface area is 262 Å². The zero-order valence-corrected chi connectivity index (χ0v) is 26.2. The van der Waals surface area contributed by atoms with Crippen molar-refractivity contribution in [2.45, 2.75) is 70.3 Å². The Morgan fingerprint density at radius 1 is 0.886 bits per heavy atom. The number of ether oxygens (including phenoxy) is 3. The van der Waals surface area contributed by atoms with Gasteiger partial charge in [0.1, 0.15) is 18.1 Å². The largest absolute Gasteiger partial charge is 0.493 e. The van der Waals surface area contributed by atoms with Crippen molar-refractivity contribution in [1.82, 2.24) is 14.7 Å². The van der Waals surface area contributed by atoms with Crippen molar-refractivity contribution in [2.75, 3.05) is 65.7 Å². The van der Waals surface area contributed by atoms with E-state index in [9.17, 15) is 9.59 Å². The van der Waals surface area contributed by atoms with E-state index in [1.54, 1.807) is 0 Å². The first-order valence-electron chi connectivity index (χ1n) is 16.9. The van der Waals surface area contributed by atoms with E-state index in [4.69, 9.17) is 14.2 Å². The summed E-state index contributed by atoms with van der Waals surface area (Å²) >= 11 is 0. The van der Waals surface area contributed by atoms with Crippen LogP contribution in [0.25, 0.3) is 0 Å². The topological polar surface area (TPSA) is 71.6 Å². The SMILES string of the molecule is O=C(c1ccc(OCCN2CCCCC2)cc1)N1CCC2(CCCCOC[C@@H]3CCCN3C(=O)c3cccc(c3)OC2)CC1. The molecular formula is C36H49N3O5. The molecule has 1 atom stereocenters. The van der Waals surface area contributed by atoms with Crippen LogP contribution in [0.5, 0.6) is 11.5 Å². The summed E-state index contributed by atoms with van der Waals surface area (Å²) in [6.45, 7) is 8.08. The molecule has 2 aromatic carbocycles. The van der Waals surface area contributed by atoms with E-state index in [2.05, 4.69) is 4.90 Å². The summed E-state index contributed by atoms with van der Waals surface area (Å²) in [5.74, 6) is 1.71. The van der Waals surface area contributed by atoms with Gasteiger partial charge in [-0.1, -0.05) is 18.9 Å². The Hall–Kier alpha value is -3.10. The molecule has 0 N–H and O–H groups in total. The molecule has 44 heavy (non-hydrogen) atoms. The van der Waals surface area contributed by atoms with Gasteiger partial charge in [0.2, 0.25) is 0 Å². The van der Waals surface area contributed by atoms with E-state index in [0.29, 0.717) is 50.6 Å². The van der Waals surface area contributed by atoms with Gasteiger partial charge in [-0.25, -0.2) is 0 Å². The fraction of sp³-hybridized carbons (Fsp3) is 0.611. The van der Waals surface area contributed by atoms with Crippen LogP contribution >= 0.6 is 0 Å². The molecule has 0 saturated carbocycles. The van der Waals surface area contributed by atoms with Crippen molar-refractivity contribution >= 4 is 11.8 Å². The van der Waals surface area contributed by atoms with Crippen LogP contribution in [-0.4, -0.2) is 98.3 Å². The quantitative estimate of drug-likeness (QED) is 0.440. The van der Waals surface area contributed by atoms with Crippen LogP contribution in [0, 0.1) is 5.41 Å². The zero-order valence-electron chi connectivity index (χ0n) is 26.2. The number of carbonyl (C=O) groups excluding carboxylic acids is 2. The van der Waals surface area contributed by atoms with Gasteiger partial charge >= 0.3 is 0 Å². The fourth-order valence-corrected chi connectivity index (χ4v) is 7.32. The first-order valence-corrected chi connectivity index (χ1v) is 16.9. The van der Waals surface area contributed by atoms with E-state index in [1.165, 1.54) is 32.4 Å². The van der Waals surface area contributed by atoms with Gasteiger partial charge in [-0.3, -0.25) is 14.5 Å². The van der Waals surface area contributed by atoms with E-state index in [0.717, 1.165) is 69.5 Å². The van der Waals surface area contributed by atoms with Crippen LogP contribution < -0.4 is 9.47 Å². The molecule has 0 unspecified atom stereocenters. The molecule has 8 heteroatoms. The second kappa shape index (κ2) is 14.8. The Bertz CT molecular complexity index is 1240. The second-order valence-corrected chi connectivity index (χ2v) is 13.2. The van der Waals surface area contributed by atoms with Gasteiger partial charge in [0.25, 0.3) is 11.8 Å². The maximum absolute atomic E-state index is 13.4. The number of fused-ring (bicyclic) bond motifs is 3. The number of nitrogens with zero attached hydrogens (tertiary/aromatic N) is 3. The normalized spacial score (nSPS) is 23.4. The Balaban J connectivity index is 1.04. The van der Waals surface area contributed by atoms with Gasteiger partial charge in [0.15, 0.2) is 0 Å². The van der Waals surface area contributed by atoms with Crippen molar-refractivity contribution in [3.8, 4) is 11.5 Å². The summed E-state index contributed by atoms with van der Waals surface area (Å²) in [5, 5.41) is 0. The molecule has 0 radical (unpaired) electrons. The maximum atomic E-state index is 13.4. The zero-order chi connectivity index (χ0) is 30.2. The predicted octanol–water partition coefficient (Wildman–Crippen LogP) is 5.66. The Kier molecular flexibility index (Phi) is 10.4. The van der Waals surface area contributed by atoms with Crippen LogP contribution in [0.4, 0.5) is 0 Å². The van der Waals surface area contributed by atoms with Gasteiger partial charge in [-0.2, -0.15) is 0 Å². The maximum Gasteiger partial charge on any atom is 0.254 e. The smallest absolute Gasteiger partial charge is 0.254 e. The molecule has 4 aliphatic rings. The minimum absolute atomic E-state index is 0.0109. The number of hydrogen-bond donors (Lipinski definition) is 0. The number of amides is 2. The molecule has 8 nitrogen and oxygen atoms in total. The minimum atomic E-state index is -0.0109. The third-order valence-corrected chi connectivity index (χ3v) is 10.2. The molecule has 4 heterocycles. The Morgan fingerprint density at radius 3 is 2.52 bits per heavy atom. The number of rotatable bonds is 5. The van der Waals surface area contributed by atoms with Crippen molar-refractivity contribution in [1.29, 1.82) is 0 Å². The van der Waals surface area contributed by atoms with E-state index >= 15 is 0 Å². The molecule has 2 aromatic rings. The average molecular weight is 604 g/mol. The number of likely N-dealkylation sites (tertiary alicyclic amines) is 2. The standard InChI is InChI=1S/C36H49N3O5/c40-34(29-11-13-32(14-12-29)43-25-23-37-18-3-1-4-19-37)38-21-16-36(17-22-38)15-2-5-24-42-27-31-9-7-20-39(31)35(41)30-8-6-10-33(26-30)44-28-36/h6,8,10-14,26,31H,1-5,7,9,15-25,27-28H2/t31-/m0/s1.